The molecule has 0 bridgehead atoms. The van der Waals surface area contributed by atoms with E-state index in [0.29, 0.717) is 31.5 Å². The number of hydrogen-bond donors (Lipinski definition) is 2. The van der Waals surface area contributed by atoms with Gasteiger partial charge in [-0.3, -0.25) is 4.79 Å². The Bertz CT molecular complexity index is 471. The third-order valence-electron chi connectivity index (χ3n) is 4.23. The molecule has 1 aromatic heterocycles. The molecule has 6 nitrogen and oxygen atoms in total. The van der Waals surface area contributed by atoms with Gasteiger partial charge < -0.3 is 5.32 Å². The molecule has 19 heavy (non-hydrogen) atoms. The molecule has 1 atom stereocenters. The van der Waals surface area contributed by atoms with Crippen molar-refractivity contribution in [1.29, 1.82) is 0 Å². The molecule has 8 heteroatoms. The van der Waals surface area contributed by atoms with Crippen LogP contribution in [0.1, 0.15) is 44.3 Å². The number of carbonyl (C=O) groups excluding carboxylic acids is 1. The van der Waals surface area contributed by atoms with Crippen molar-refractivity contribution >= 4 is 5.91 Å². The highest BCUT2D eigenvalue weighted by atomic mass is 19.3. The van der Waals surface area contributed by atoms with Crippen LogP contribution in [0, 0.1) is 0 Å². The summed E-state index contributed by atoms with van der Waals surface area (Å²) in [6.07, 6.45) is 2.62. The van der Waals surface area contributed by atoms with Gasteiger partial charge in [0.25, 0.3) is 5.92 Å². The van der Waals surface area contributed by atoms with Crippen molar-refractivity contribution in [3.63, 3.8) is 0 Å². The van der Waals surface area contributed by atoms with Gasteiger partial charge in [0, 0.05) is 6.42 Å². The number of aromatic amines is 1. The minimum atomic E-state index is -2.81. The summed E-state index contributed by atoms with van der Waals surface area (Å²) >= 11 is 0. The maximum Gasteiger partial charge on any atom is 0.267 e. The summed E-state index contributed by atoms with van der Waals surface area (Å²) in [6.45, 7) is 0. The average Bonchev–Trinajstić information content (AvgIpc) is 2.89. The van der Waals surface area contributed by atoms with E-state index in [9.17, 15) is 13.6 Å². The normalized spacial score (nSPS) is 27.8. The largest absolute Gasteiger partial charge is 0.346 e. The monoisotopic (exact) mass is 271 g/mol. The van der Waals surface area contributed by atoms with Crippen LogP contribution in [-0.2, 0) is 10.2 Å². The maximum atomic E-state index is 13.6. The highest BCUT2D eigenvalue weighted by Crippen LogP contribution is 2.43. The Morgan fingerprint density at radius 2 is 2.11 bits per heavy atom. The minimum Gasteiger partial charge on any atom is -0.346 e. The molecule has 1 unspecified atom stereocenters. The standard InChI is InChI=1S/C11H15F2N5O/c12-11(13)6-1-3-7(11)14-9(19)10(4-2-5-10)8-15-17-18-16-8/h7H,1-6H2,(H,14,19)(H,15,16,17,18). The Morgan fingerprint density at radius 1 is 1.32 bits per heavy atom. The third-order valence-corrected chi connectivity index (χ3v) is 4.23. The van der Waals surface area contributed by atoms with Crippen LogP contribution in [-0.4, -0.2) is 38.5 Å². The van der Waals surface area contributed by atoms with Gasteiger partial charge in [0.15, 0.2) is 5.82 Å². The van der Waals surface area contributed by atoms with Crippen LogP contribution in [0.3, 0.4) is 0 Å². The fourth-order valence-electron chi connectivity index (χ4n) is 2.85. The van der Waals surface area contributed by atoms with Crippen LogP contribution < -0.4 is 5.32 Å². The van der Waals surface area contributed by atoms with E-state index in [0.717, 1.165) is 6.42 Å². The van der Waals surface area contributed by atoms with Gasteiger partial charge in [0.05, 0.1) is 6.04 Å². The van der Waals surface area contributed by atoms with Gasteiger partial charge in [-0.2, -0.15) is 5.21 Å². The van der Waals surface area contributed by atoms with Crippen molar-refractivity contribution in [3.05, 3.63) is 5.82 Å². The molecule has 0 aromatic carbocycles. The molecule has 2 saturated carbocycles. The van der Waals surface area contributed by atoms with E-state index < -0.39 is 23.3 Å². The zero-order chi connectivity index (χ0) is 13.5. The molecule has 0 spiro atoms. The summed E-state index contributed by atoms with van der Waals surface area (Å²) in [5.74, 6) is -2.90. The Hall–Kier alpha value is -1.60. The first-order chi connectivity index (χ1) is 9.05. The summed E-state index contributed by atoms with van der Waals surface area (Å²) in [7, 11) is 0. The van der Waals surface area contributed by atoms with Gasteiger partial charge in [-0.25, -0.2) is 8.78 Å². The quantitative estimate of drug-likeness (QED) is 0.856. The summed E-state index contributed by atoms with van der Waals surface area (Å²) in [5.41, 5.74) is -0.869. The second kappa shape index (κ2) is 4.21. The summed E-state index contributed by atoms with van der Waals surface area (Å²) in [6, 6.07) is -1.07. The van der Waals surface area contributed by atoms with Gasteiger partial charge in [-0.05, 0) is 25.7 Å². The summed E-state index contributed by atoms with van der Waals surface area (Å²) < 4.78 is 27.1. The fourth-order valence-corrected chi connectivity index (χ4v) is 2.85. The zero-order valence-corrected chi connectivity index (χ0v) is 10.3. The maximum absolute atomic E-state index is 13.6. The predicted molar refractivity (Wildman–Crippen MR) is 60.4 cm³/mol. The number of tetrazole rings is 1. The van der Waals surface area contributed by atoms with E-state index >= 15 is 0 Å². The topological polar surface area (TPSA) is 83.6 Å². The number of rotatable bonds is 3. The number of H-pyrrole nitrogens is 1. The summed E-state index contributed by atoms with van der Waals surface area (Å²) in [5, 5.41) is 15.9. The van der Waals surface area contributed by atoms with Crippen LogP contribution in [0.4, 0.5) is 8.78 Å². The SMILES string of the molecule is O=C(NC1CCCC1(F)F)C1(c2nn[nH]n2)CCC1. The zero-order valence-electron chi connectivity index (χ0n) is 10.3. The molecular weight excluding hydrogens is 256 g/mol. The van der Waals surface area contributed by atoms with E-state index in [-0.39, 0.29) is 6.42 Å². The molecule has 1 heterocycles. The number of amides is 1. The molecule has 2 aliphatic rings. The number of aromatic nitrogens is 4. The van der Waals surface area contributed by atoms with E-state index in [4.69, 9.17) is 0 Å². The lowest BCUT2D eigenvalue weighted by Crippen LogP contribution is -2.55. The molecule has 2 aliphatic carbocycles. The highest BCUT2D eigenvalue weighted by molar-refractivity contribution is 5.88. The van der Waals surface area contributed by atoms with Gasteiger partial charge >= 0.3 is 0 Å². The van der Waals surface area contributed by atoms with Crippen molar-refractivity contribution < 1.29 is 13.6 Å². The van der Waals surface area contributed by atoms with Gasteiger partial charge in [0.1, 0.15) is 5.41 Å². The first-order valence-electron chi connectivity index (χ1n) is 6.47. The van der Waals surface area contributed by atoms with Crippen LogP contribution in [0.2, 0.25) is 0 Å². The number of nitrogens with zero attached hydrogens (tertiary/aromatic N) is 3. The number of hydrogen-bond acceptors (Lipinski definition) is 4. The van der Waals surface area contributed by atoms with E-state index in [1.165, 1.54) is 0 Å². The van der Waals surface area contributed by atoms with Crippen LogP contribution in [0.5, 0.6) is 0 Å². The minimum absolute atomic E-state index is 0.160. The lowest BCUT2D eigenvalue weighted by molar-refractivity contribution is -0.134. The Kier molecular flexibility index (Phi) is 2.75. The van der Waals surface area contributed by atoms with Crippen LogP contribution >= 0.6 is 0 Å². The van der Waals surface area contributed by atoms with E-state index in [2.05, 4.69) is 25.9 Å². The molecule has 104 valence electrons. The predicted octanol–water partition coefficient (Wildman–Crippen LogP) is 0.925. The van der Waals surface area contributed by atoms with Crippen molar-refractivity contribution in [3.8, 4) is 0 Å². The van der Waals surface area contributed by atoms with E-state index in [1.807, 2.05) is 0 Å². The second-order valence-electron chi connectivity index (χ2n) is 5.35. The number of nitrogens with one attached hydrogen (secondary N) is 2. The Balaban J connectivity index is 1.76. The van der Waals surface area contributed by atoms with Gasteiger partial charge in [-0.15, -0.1) is 10.2 Å². The van der Waals surface area contributed by atoms with Crippen molar-refractivity contribution in [2.75, 3.05) is 0 Å². The lowest BCUT2D eigenvalue weighted by atomic mass is 9.67. The van der Waals surface area contributed by atoms with Gasteiger partial charge in [-0.1, -0.05) is 11.6 Å². The Morgan fingerprint density at radius 3 is 2.58 bits per heavy atom. The second-order valence-corrected chi connectivity index (χ2v) is 5.35. The third kappa shape index (κ3) is 1.89. The van der Waals surface area contributed by atoms with Crippen LogP contribution in [0.25, 0.3) is 0 Å². The van der Waals surface area contributed by atoms with Crippen molar-refractivity contribution in [2.45, 2.75) is 55.9 Å². The molecule has 2 fully saturated rings. The first kappa shape index (κ1) is 12.4. The van der Waals surface area contributed by atoms with Crippen molar-refractivity contribution in [1.82, 2.24) is 25.9 Å². The smallest absolute Gasteiger partial charge is 0.267 e. The average molecular weight is 271 g/mol. The van der Waals surface area contributed by atoms with Gasteiger partial charge in [0.2, 0.25) is 5.91 Å². The Labute approximate surface area is 108 Å². The van der Waals surface area contributed by atoms with Crippen LogP contribution in [0.15, 0.2) is 0 Å². The molecule has 1 aromatic rings. The molecule has 3 rings (SSSR count). The highest BCUT2D eigenvalue weighted by Gasteiger charge is 2.52. The van der Waals surface area contributed by atoms with E-state index in [1.54, 1.807) is 0 Å². The van der Waals surface area contributed by atoms with Crippen molar-refractivity contribution in [2.24, 2.45) is 0 Å². The molecule has 2 N–H and O–H groups in total. The number of alkyl halides is 2. The first-order valence-corrected chi connectivity index (χ1v) is 6.47. The molecule has 0 radical (unpaired) electrons. The summed E-state index contributed by atoms with van der Waals surface area (Å²) in [4.78, 5) is 12.3. The fraction of sp³-hybridized carbons (Fsp3) is 0.818. The molecule has 0 aliphatic heterocycles. The molecule has 1 amide bonds. The molecule has 0 saturated heterocycles. The molecular formula is C11H15F2N5O. The number of halogens is 2. The lowest BCUT2D eigenvalue weighted by Gasteiger charge is -2.38. The number of carbonyl (C=O) groups is 1.